The quantitative estimate of drug-likeness (QED) is 0.800. The van der Waals surface area contributed by atoms with Crippen LogP contribution in [0.5, 0.6) is 0 Å². The maximum absolute atomic E-state index is 11.8. The van der Waals surface area contributed by atoms with Crippen LogP contribution in [0.2, 0.25) is 0 Å². The standard InChI is InChI=1S/C16H17N3O/c1-4-13-9-14(5-2)19(18-13)16-8-12(10-17)6-7-15(16)11(3)20/h6-9H,4-5H2,1-3H3. The number of carbonyl (C=O) groups excluding carboxylic acids is 1. The first-order valence-corrected chi connectivity index (χ1v) is 6.74. The zero-order valence-electron chi connectivity index (χ0n) is 12.0. The van der Waals surface area contributed by atoms with Crippen LogP contribution in [-0.4, -0.2) is 15.6 Å². The van der Waals surface area contributed by atoms with E-state index in [1.54, 1.807) is 22.9 Å². The molecule has 4 nitrogen and oxygen atoms in total. The molecule has 20 heavy (non-hydrogen) atoms. The fourth-order valence-electron chi connectivity index (χ4n) is 2.18. The molecule has 0 unspecified atom stereocenters. The molecule has 0 bridgehead atoms. The number of benzene rings is 1. The van der Waals surface area contributed by atoms with Crippen molar-refractivity contribution < 1.29 is 4.79 Å². The van der Waals surface area contributed by atoms with E-state index in [9.17, 15) is 4.79 Å². The summed E-state index contributed by atoms with van der Waals surface area (Å²) in [6.07, 6.45) is 1.66. The van der Waals surface area contributed by atoms with Crippen molar-refractivity contribution in [1.29, 1.82) is 5.26 Å². The van der Waals surface area contributed by atoms with E-state index in [0.29, 0.717) is 16.8 Å². The third-order valence-electron chi connectivity index (χ3n) is 3.29. The highest BCUT2D eigenvalue weighted by molar-refractivity contribution is 5.97. The van der Waals surface area contributed by atoms with Crippen LogP contribution in [0.3, 0.4) is 0 Å². The second kappa shape index (κ2) is 5.70. The van der Waals surface area contributed by atoms with Gasteiger partial charge in [-0.3, -0.25) is 4.79 Å². The van der Waals surface area contributed by atoms with Crippen LogP contribution >= 0.6 is 0 Å². The number of hydrogen-bond acceptors (Lipinski definition) is 3. The second-order valence-corrected chi connectivity index (χ2v) is 4.65. The molecule has 2 rings (SSSR count). The highest BCUT2D eigenvalue weighted by Crippen LogP contribution is 2.20. The zero-order valence-corrected chi connectivity index (χ0v) is 12.0. The molecule has 0 aliphatic carbocycles. The number of carbonyl (C=O) groups is 1. The molecule has 0 saturated carbocycles. The van der Waals surface area contributed by atoms with Crippen molar-refractivity contribution in [3.8, 4) is 11.8 Å². The molecule has 0 spiro atoms. The summed E-state index contributed by atoms with van der Waals surface area (Å²) in [7, 11) is 0. The van der Waals surface area contributed by atoms with E-state index in [-0.39, 0.29) is 5.78 Å². The lowest BCUT2D eigenvalue weighted by atomic mass is 10.1. The summed E-state index contributed by atoms with van der Waals surface area (Å²) in [5, 5.41) is 13.6. The van der Waals surface area contributed by atoms with E-state index in [4.69, 9.17) is 5.26 Å². The van der Waals surface area contributed by atoms with Crippen LogP contribution in [0.25, 0.3) is 5.69 Å². The summed E-state index contributed by atoms with van der Waals surface area (Å²) in [6.45, 7) is 5.62. The molecule has 0 aliphatic rings. The van der Waals surface area contributed by atoms with Crippen molar-refractivity contribution in [2.45, 2.75) is 33.6 Å². The molecule has 2 aromatic rings. The van der Waals surface area contributed by atoms with Gasteiger partial charge >= 0.3 is 0 Å². The van der Waals surface area contributed by atoms with Gasteiger partial charge in [0.05, 0.1) is 23.0 Å². The van der Waals surface area contributed by atoms with Crippen molar-refractivity contribution in [2.24, 2.45) is 0 Å². The van der Waals surface area contributed by atoms with Crippen molar-refractivity contribution in [2.75, 3.05) is 0 Å². The van der Waals surface area contributed by atoms with Gasteiger partial charge < -0.3 is 0 Å². The first-order chi connectivity index (χ1) is 9.60. The number of aryl methyl sites for hydroxylation is 2. The molecule has 0 N–H and O–H groups in total. The van der Waals surface area contributed by atoms with Gasteiger partial charge in [-0.1, -0.05) is 13.8 Å². The number of nitrogens with zero attached hydrogens (tertiary/aromatic N) is 3. The maximum Gasteiger partial charge on any atom is 0.161 e. The highest BCUT2D eigenvalue weighted by atomic mass is 16.1. The predicted molar refractivity (Wildman–Crippen MR) is 77.0 cm³/mol. The molecular formula is C16H17N3O. The van der Waals surface area contributed by atoms with E-state index in [1.165, 1.54) is 6.92 Å². The molecule has 0 fully saturated rings. The third kappa shape index (κ3) is 2.48. The van der Waals surface area contributed by atoms with Crippen molar-refractivity contribution in [3.05, 3.63) is 46.8 Å². The third-order valence-corrected chi connectivity index (χ3v) is 3.29. The van der Waals surface area contributed by atoms with E-state index < -0.39 is 0 Å². The zero-order chi connectivity index (χ0) is 14.7. The lowest BCUT2D eigenvalue weighted by Gasteiger charge is -2.10. The number of nitriles is 1. The summed E-state index contributed by atoms with van der Waals surface area (Å²) >= 11 is 0. The summed E-state index contributed by atoms with van der Waals surface area (Å²) < 4.78 is 1.79. The Morgan fingerprint density at radius 2 is 2.05 bits per heavy atom. The topological polar surface area (TPSA) is 58.7 Å². The van der Waals surface area contributed by atoms with E-state index in [2.05, 4.69) is 18.1 Å². The highest BCUT2D eigenvalue weighted by Gasteiger charge is 2.14. The average Bonchev–Trinajstić information content (AvgIpc) is 2.89. The summed E-state index contributed by atoms with van der Waals surface area (Å²) in [5.41, 5.74) is 3.83. The van der Waals surface area contributed by atoms with E-state index >= 15 is 0 Å². The van der Waals surface area contributed by atoms with Gasteiger partial charge in [-0.15, -0.1) is 0 Å². The van der Waals surface area contributed by atoms with Gasteiger partial charge in [0.1, 0.15) is 0 Å². The fourth-order valence-corrected chi connectivity index (χ4v) is 2.18. The Kier molecular flexibility index (Phi) is 3.99. The molecule has 1 heterocycles. The van der Waals surface area contributed by atoms with Crippen LogP contribution in [-0.2, 0) is 12.8 Å². The minimum atomic E-state index is -0.0277. The average molecular weight is 267 g/mol. The summed E-state index contributed by atoms with van der Waals surface area (Å²) in [5.74, 6) is -0.0277. The molecule has 4 heteroatoms. The molecule has 1 aromatic carbocycles. The number of Topliss-reactive ketones (excluding diaryl/α,β-unsaturated/α-hetero) is 1. The van der Waals surface area contributed by atoms with Gasteiger partial charge in [0, 0.05) is 11.3 Å². The number of rotatable bonds is 4. The lowest BCUT2D eigenvalue weighted by molar-refractivity contribution is 0.101. The van der Waals surface area contributed by atoms with Crippen LogP contribution in [0.4, 0.5) is 0 Å². The minimum Gasteiger partial charge on any atom is -0.294 e. The molecule has 0 amide bonds. The van der Waals surface area contributed by atoms with Gasteiger partial charge in [-0.05, 0) is 44.0 Å². The maximum atomic E-state index is 11.8. The van der Waals surface area contributed by atoms with Gasteiger partial charge in [-0.25, -0.2) is 4.68 Å². The minimum absolute atomic E-state index is 0.0277. The molecule has 0 atom stereocenters. The smallest absolute Gasteiger partial charge is 0.161 e. The molecule has 1 aromatic heterocycles. The molecule has 102 valence electrons. The van der Waals surface area contributed by atoms with Crippen LogP contribution < -0.4 is 0 Å². The molecule has 0 aliphatic heterocycles. The van der Waals surface area contributed by atoms with Gasteiger partial charge in [0.25, 0.3) is 0 Å². The van der Waals surface area contributed by atoms with Crippen molar-refractivity contribution in [3.63, 3.8) is 0 Å². The Bertz CT molecular complexity index is 692. The summed E-state index contributed by atoms with van der Waals surface area (Å²) in [6, 6.07) is 9.24. The normalized spacial score (nSPS) is 10.3. The Balaban J connectivity index is 2.70. The van der Waals surface area contributed by atoms with Crippen LogP contribution in [0, 0.1) is 11.3 Å². The predicted octanol–water partition coefficient (Wildman–Crippen LogP) is 3.07. The molecule has 0 saturated heterocycles. The van der Waals surface area contributed by atoms with Gasteiger partial charge in [0.2, 0.25) is 0 Å². The largest absolute Gasteiger partial charge is 0.294 e. The molecule has 0 radical (unpaired) electrons. The molecular weight excluding hydrogens is 250 g/mol. The SMILES string of the molecule is CCc1cc(CC)n(-c2cc(C#N)ccc2C(C)=O)n1. The van der Waals surface area contributed by atoms with Crippen LogP contribution in [0.15, 0.2) is 24.3 Å². The lowest BCUT2D eigenvalue weighted by Crippen LogP contribution is -2.08. The van der Waals surface area contributed by atoms with Crippen molar-refractivity contribution in [1.82, 2.24) is 9.78 Å². The Hall–Kier alpha value is -2.41. The summed E-state index contributed by atoms with van der Waals surface area (Å²) in [4.78, 5) is 11.8. The Labute approximate surface area is 118 Å². The Morgan fingerprint density at radius 3 is 2.60 bits per heavy atom. The Morgan fingerprint density at radius 1 is 1.30 bits per heavy atom. The van der Waals surface area contributed by atoms with E-state index in [0.717, 1.165) is 24.2 Å². The van der Waals surface area contributed by atoms with Crippen molar-refractivity contribution >= 4 is 5.78 Å². The number of aromatic nitrogens is 2. The number of ketones is 1. The number of hydrogen-bond donors (Lipinski definition) is 0. The first-order valence-electron chi connectivity index (χ1n) is 6.74. The van der Waals surface area contributed by atoms with Gasteiger partial charge in [0.15, 0.2) is 5.78 Å². The van der Waals surface area contributed by atoms with Crippen LogP contribution in [0.1, 0.15) is 48.1 Å². The first kappa shape index (κ1) is 14.0. The monoisotopic (exact) mass is 267 g/mol. The fraction of sp³-hybridized carbons (Fsp3) is 0.312. The van der Waals surface area contributed by atoms with E-state index in [1.807, 2.05) is 13.0 Å². The van der Waals surface area contributed by atoms with Gasteiger partial charge in [-0.2, -0.15) is 10.4 Å². The second-order valence-electron chi connectivity index (χ2n) is 4.65.